The molecule has 0 fully saturated rings. The van der Waals surface area contributed by atoms with Gasteiger partial charge in [-0.2, -0.15) is 0 Å². The summed E-state index contributed by atoms with van der Waals surface area (Å²) in [7, 11) is 1.56. The molecule has 0 spiro atoms. The standard InChI is InChI=1S/C17H17I2N5OS/c1-25-14-5-3-2-4-10(14)16(22)24-17(23)26-8-13(20)9-6-11(18)15(21)12(19)7-9/h2-7,20H,8,21H2,1H3,(H3,22,23,24). The monoisotopic (exact) mass is 593 g/mol. The number of anilines is 1. The molecule has 0 amide bonds. The normalized spacial score (nSPS) is 11.3. The third-order valence-corrected chi connectivity index (χ3v) is 5.97. The van der Waals surface area contributed by atoms with Crippen molar-refractivity contribution < 1.29 is 4.74 Å². The Labute approximate surface area is 183 Å². The van der Waals surface area contributed by atoms with Crippen molar-refractivity contribution in [1.29, 1.82) is 10.8 Å². The van der Waals surface area contributed by atoms with E-state index in [1.165, 1.54) is 0 Å². The Kier molecular flexibility index (Phi) is 7.70. The van der Waals surface area contributed by atoms with Crippen molar-refractivity contribution in [1.82, 2.24) is 0 Å². The molecular weight excluding hydrogens is 576 g/mol. The highest BCUT2D eigenvalue weighted by Crippen LogP contribution is 2.24. The van der Waals surface area contributed by atoms with Crippen LogP contribution >= 0.6 is 56.9 Å². The van der Waals surface area contributed by atoms with Crippen LogP contribution in [-0.4, -0.2) is 29.6 Å². The summed E-state index contributed by atoms with van der Waals surface area (Å²) in [5, 5.41) is 16.3. The number of benzene rings is 2. The van der Waals surface area contributed by atoms with Crippen LogP contribution in [0.25, 0.3) is 0 Å². The van der Waals surface area contributed by atoms with Gasteiger partial charge in [0, 0.05) is 18.6 Å². The quantitative estimate of drug-likeness (QED) is 0.182. The van der Waals surface area contributed by atoms with Crippen LogP contribution in [0.5, 0.6) is 5.75 Å². The summed E-state index contributed by atoms with van der Waals surface area (Å²) in [5.74, 6) is 1.13. The zero-order valence-electron chi connectivity index (χ0n) is 13.8. The predicted molar refractivity (Wildman–Crippen MR) is 127 cm³/mol. The fraction of sp³-hybridized carbons (Fsp3) is 0.118. The Bertz CT molecular complexity index is 862. The molecule has 0 atom stereocenters. The van der Waals surface area contributed by atoms with Crippen LogP contribution in [0.1, 0.15) is 11.1 Å². The lowest BCUT2D eigenvalue weighted by Gasteiger charge is -2.09. The van der Waals surface area contributed by atoms with Gasteiger partial charge in [0.2, 0.25) is 0 Å². The number of nitrogen functional groups attached to an aromatic ring is 1. The molecule has 6 N–H and O–H groups in total. The van der Waals surface area contributed by atoms with Crippen LogP contribution in [0.2, 0.25) is 0 Å². The molecule has 0 aliphatic heterocycles. The van der Waals surface area contributed by atoms with E-state index >= 15 is 0 Å². The lowest BCUT2D eigenvalue weighted by molar-refractivity contribution is 0.414. The van der Waals surface area contributed by atoms with Gasteiger partial charge < -0.3 is 21.6 Å². The summed E-state index contributed by atoms with van der Waals surface area (Å²) in [6.07, 6.45) is 0. The van der Waals surface area contributed by atoms with Gasteiger partial charge in [0.05, 0.1) is 18.4 Å². The first-order valence-electron chi connectivity index (χ1n) is 7.34. The van der Waals surface area contributed by atoms with Crippen LogP contribution < -0.4 is 16.2 Å². The average Bonchev–Trinajstić information content (AvgIpc) is 2.63. The molecule has 0 aromatic heterocycles. The van der Waals surface area contributed by atoms with Gasteiger partial charge in [-0.25, -0.2) is 4.99 Å². The molecule has 2 rings (SSSR count). The number of hydrogen-bond acceptors (Lipinski definition) is 5. The number of halogens is 2. The van der Waals surface area contributed by atoms with Gasteiger partial charge in [0.1, 0.15) is 11.6 Å². The fourth-order valence-electron chi connectivity index (χ4n) is 2.04. The van der Waals surface area contributed by atoms with E-state index in [1.807, 2.05) is 24.3 Å². The third-order valence-electron chi connectivity index (χ3n) is 3.39. The number of ether oxygens (including phenoxy) is 1. The number of nitrogens with zero attached hydrogens (tertiary/aromatic N) is 1. The Balaban J connectivity index is 2.05. The zero-order valence-corrected chi connectivity index (χ0v) is 19.0. The lowest BCUT2D eigenvalue weighted by Crippen LogP contribution is -2.16. The SMILES string of the molecule is COc1ccccc1/C(N)=N/C(=N)SCC(=N)c1cc(I)c(N)c(I)c1. The molecule has 2 aromatic rings. The minimum absolute atomic E-state index is 0.0398. The molecule has 0 aliphatic carbocycles. The van der Waals surface area contributed by atoms with Crippen LogP contribution in [0.15, 0.2) is 41.4 Å². The molecule has 0 radical (unpaired) electrons. The van der Waals surface area contributed by atoms with Gasteiger partial charge in [-0.1, -0.05) is 23.9 Å². The maximum absolute atomic E-state index is 8.23. The highest BCUT2D eigenvalue weighted by atomic mass is 127. The van der Waals surface area contributed by atoms with E-state index in [-0.39, 0.29) is 11.0 Å². The van der Waals surface area contributed by atoms with E-state index in [4.69, 9.17) is 27.0 Å². The second-order valence-electron chi connectivity index (χ2n) is 5.12. The fourth-order valence-corrected chi connectivity index (χ4v) is 4.42. The maximum atomic E-state index is 8.23. The minimum atomic E-state index is 0.0398. The Morgan fingerprint density at radius 3 is 2.42 bits per heavy atom. The predicted octanol–water partition coefficient (Wildman–Crippen LogP) is 3.93. The Morgan fingerprint density at radius 1 is 1.19 bits per heavy atom. The molecule has 6 nitrogen and oxygen atoms in total. The molecule has 0 bridgehead atoms. The van der Waals surface area contributed by atoms with E-state index in [0.29, 0.717) is 22.8 Å². The summed E-state index contributed by atoms with van der Waals surface area (Å²) in [4.78, 5) is 4.11. The van der Waals surface area contributed by atoms with E-state index in [2.05, 4.69) is 50.2 Å². The van der Waals surface area contributed by atoms with Gasteiger partial charge >= 0.3 is 0 Å². The number of methoxy groups -OCH3 is 1. The van der Waals surface area contributed by atoms with Crippen molar-refractivity contribution in [2.75, 3.05) is 18.6 Å². The summed E-state index contributed by atoms with van der Waals surface area (Å²) < 4.78 is 7.07. The second-order valence-corrected chi connectivity index (χ2v) is 8.41. The summed E-state index contributed by atoms with van der Waals surface area (Å²) >= 11 is 5.45. The van der Waals surface area contributed by atoms with Gasteiger partial charge in [-0.3, -0.25) is 5.41 Å². The van der Waals surface area contributed by atoms with Crippen molar-refractivity contribution in [3.05, 3.63) is 54.7 Å². The zero-order chi connectivity index (χ0) is 19.3. The van der Waals surface area contributed by atoms with Crippen molar-refractivity contribution in [2.45, 2.75) is 0 Å². The van der Waals surface area contributed by atoms with Crippen LogP contribution in [0, 0.1) is 18.0 Å². The molecule has 0 heterocycles. The Morgan fingerprint density at radius 2 is 1.81 bits per heavy atom. The molecule has 136 valence electrons. The van der Waals surface area contributed by atoms with Crippen molar-refractivity contribution in [3.63, 3.8) is 0 Å². The smallest absolute Gasteiger partial charge is 0.182 e. The third kappa shape index (κ3) is 5.33. The topological polar surface area (TPSA) is 121 Å². The van der Waals surface area contributed by atoms with Gasteiger partial charge in [0.25, 0.3) is 0 Å². The second kappa shape index (κ2) is 9.55. The average molecular weight is 593 g/mol. The molecule has 0 aliphatic rings. The minimum Gasteiger partial charge on any atom is -0.496 e. The van der Waals surface area contributed by atoms with E-state index < -0.39 is 0 Å². The number of thioether (sulfide) groups is 1. The van der Waals surface area contributed by atoms with Crippen LogP contribution in [0.4, 0.5) is 5.69 Å². The summed E-state index contributed by atoms with van der Waals surface area (Å²) in [6.45, 7) is 0. The van der Waals surface area contributed by atoms with Gasteiger partial charge in [-0.15, -0.1) is 0 Å². The molecule has 0 saturated heterocycles. The van der Waals surface area contributed by atoms with Crippen LogP contribution in [0.3, 0.4) is 0 Å². The van der Waals surface area contributed by atoms with E-state index in [0.717, 1.165) is 30.2 Å². The molecular formula is C17H17I2N5OS. The Hall–Kier alpha value is -1.34. The molecule has 2 aromatic carbocycles. The summed E-state index contributed by atoms with van der Waals surface area (Å²) in [5.41, 5.74) is 14.5. The number of para-hydroxylation sites is 1. The number of nitrogens with two attached hydrogens (primary N) is 2. The first kappa shape index (κ1) is 21.0. The van der Waals surface area contributed by atoms with Crippen molar-refractivity contribution >= 4 is 79.3 Å². The number of aliphatic imine (C=N–C) groups is 1. The molecule has 26 heavy (non-hydrogen) atoms. The van der Waals surface area contributed by atoms with E-state index in [9.17, 15) is 0 Å². The molecule has 9 heteroatoms. The van der Waals surface area contributed by atoms with Gasteiger partial charge in [-0.05, 0) is 75.0 Å². The lowest BCUT2D eigenvalue weighted by atomic mass is 10.1. The van der Waals surface area contributed by atoms with Crippen molar-refractivity contribution in [3.8, 4) is 5.75 Å². The highest BCUT2D eigenvalue weighted by molar-refractivity contribution is 14.1. The number of nitrogens with one attached hydrogen (secondary N) is 2. The van der Waals surface area contributed by atoms with Gasteiger partial charge in [0.15, 0.2) is 5.17 Å². The first-order chi connectivity index (χ1) is 12.3. The largest absolute Gasteiger partial charge is 0.496 e. The molecule has 0 unspecified atom stereocenters. The van der Waals surface area contributed by atoms with E-state index in [1.54, 1.807) is 19.2 Å². The number of rotatable bonds is 5. The highest BCUT2D eigenvalue weighted by Gasteiger charge is 2.11. The maximum Gasteiger partial charge on any atom is 0.182 e. The van der Waals surface area contributed by atoms with Crippen molar-refractivity contribution in [2.24, 2.45) is 10.7 Å². The number of amidine groups is 2. The number of hydrogen-bond donors (Lipinski definition) is 4. The first-order valence-corrected chi connectivity index (χ1v) is 10.5. The van der Waals surface area contributed by atoms with Crippen LogP contribution in [-0.2, 0) is 0 Å². The summed E-state index contributed by atoms with van der Waals surface area (Å²) in [6, 6.07) is 11.0. The molecule has 0 saturated carbocycles.